The zero-order valence-corrected chi connectivity index (χ0v) is 12.3. The fraction of sp³-hybridized carbons (Fsp3) is 0.294. The Morgan fingerprint density at radius 1 is 1.14 bits per heavy atom. The van der Waals surface area contributed by atoms with Gasteiger partial charge in [0.2, 0.25) is 0 Å². The van der Waals surface area contributed by atoms with Gasteiger partial charge < -0.3 is 19.5 Å². The van der Waals surface area contributed by atoms with Crippen molar-refractivity contribution in [1.82, 2.24) is 5.32 Å². The van der Waals surface area contributed by atoms with Crippen molar-refractivity contribution in [3.63, 3.8) is 0 Å². The highest BCUT2D eigenvalue weighted by Crippen LogP contribution is 2.32. The Hall–Kier alpha value is -2.20. The summed E-state index contributed by atoms with van der Waals surface area (Å²) in [7, 11) is 3.33. The standard InChI is InChI=1S/C17H19NO3/c1-19-13-8-7-12(17(9-13)20-2)10-18-15-11-21-16-6-4-3-5-14(15)16/h3-9,15,18H,10-11H2,1-2H3. The van der Waals surface area contributed by atoms with Crippen LogP contribution in [0.1, 0.15) is 17.2 Å². The second kappa shape index (κ2) is 6.06. The first kappa shape index (κ1) is 13.8. The number of methoxy groups -OCH3 is 2. The smallest absolute Gasteiger partial charge is 0.127 e. The molecule has 0 saturated heterocycles. The van der Waals surface area contributed by atoms with Gasteiger partial charge in [0.1, 0.15) is 23.9 Å². The van der Waals surface area contributed by atoms with Crippen LogP contribution in [0.5, 0.6) is 17.2 Å². The Kier molecular flexibility index (Phi) is 3.97. The molecule has 21 heavy (non-hydrogen) atoms. The summed E-state index contributed by atoms with van der Waals surface area (Å²) in [5, 5.41) is 3.52. The number of hydrogen-bond acceptors (Lipinski definition) is 4. The molecule has 110 valence electrons. The van der Waals surface area contributed by atoms with Crippen molar-refractivity contribution in [1.29, 1.82) is 0 Å². The summed E-state index contributed by atoms with van der Waals surface area (Å²) >= 11 is 0. The fourth-order valence-electron chi connectivity index (χ4n) is 2.56. The van der Waals surface area contributed by atoms with Crippen LogP contribution in [-0.4, -0.2) is 20.8 Å². The first-order valence-electron chi connectivity index (χ1n) is 6.98. The number of hydrogen-bond donors (Lipinski definition) is 1. The highest BCUT2D eigenvalue weighted by molar-refractivity contribution is 5.42. The highest BCUT2D eigenvalue weighted by atomic mass is 16.5. The largest absolute Gasteiger partial charge is 0.497 e. The molecule has 0 bridgehead atoms. The lowest BCUT2D eigenvalue weighted by Crippen LogP contribution is -2.22. The SMILES string of the molecule is COc1ccc(CNC2COc3ccccc32)c(OC)c1. The van der Waals surface area contributed by atoms with E-state index >= 15 is 0 Å². The van der Waals surface area contributed by atoms with Crippen molar-refractivity contribution < 1.29 is 14.2 Å². The summed E-state index contributed by atoms with van der Waals surface area (Å²) < 4.78 is 16.3. The van der Waals surface area contributed by atoms with Gasteiger partial charge in [0.05, 0.1) is 20.3 Å². The molecular weight excluding hydrogens is 266 g/mol. The van der Waals surface area contributed by atoms with E-state index in [4.69, 9.17) is 14.2 Å². The van der Waals surface area contributed by atoms with Gasteiger partial charge in [-0.15, -0.1) is 0 Å². The zero-order valence-electron chi connectivity index (χ0n) is 12.3. The van der Waals surface area contributed by atoms with Crippen LogP contribution in [-0.2, 0) is 6.54 Å². The Labute approximate surface area is 124 Å². The van der Waals surface area contributed by atoms with E-state index in [-0.39, 0.29) is 6.04 Å². The normalized spacial score (nSPS) is 16.2. The van der Waals surface area contributed by atoms with E-state index in [2.05, 4.69) is 11.4 Å². The van der Waals surface area contributed by atoms with Crippen LogP contribution in [0.4, 0.5) is 0 Å². The summed E-state index contributed by atoms with van der Waals surface area (Å²) in [6, 6.07) is 14.2. The first-order valence-corrected chi connectivity index (χ1v) is 6.98. The van der Waals surface area contributed by atoms with Crippen LogP contribution in [0.3, 0.4) is 0 Å². The average Bonchev–Trinajstić information content (AvgIpc) is 2.96. The van der Waals surface area contributed by atoms with Crippen molar-refractivity contribution in [3.05, 3.63) is 53.6 Å². The lowest BCUT2D eigenvalue weighted by molar-refractivity contribution is 0.309. The maximum atomic E-state index is 5.68. The third-order valence-corrected chi connectivity index (χ3v) is 3.73. The molecule has 2 aromatic rings. The average molecular weight is 285 g/mol. The molecular formula is C17H19NO3. The van der Waals surface area contributed by atoms with E-state index in [0.29, 0.717) is 6.61 Å². The minimum absolute atomic E-state index is 0.216. The van der Waals surface area contributed by atoms with Crippen molar-refractivity contribution in [2.75, 3.05) is 20.8 Å². The molecule has 1 atom stereocenters. The minimum Gasteiger partial charge on any atom is -0.497 e. The monoisotopic (exact) mass is 285 g/mol. The Balaban J connectivity index is 1.71. The van der Waals surface area contributed by atoms with Crippen LogP contribution < -0.4 is 19.5 Å². The van der Waals surface area contributed by atoms with Gasteiger partial charge in [-0.1, -0.05) is 24.3 Å². The van der Waals surface area contributed by atoms with Gasteiger partial charge in [0.25, 0.3) is 0 Å². The number of para-hydroxylation sites is 1. The Morgan fingerprint density at radius 2 is 2.00 bits per heavy atom. The maximum Gasteiger partial charge on any atom is 0.127 e. The summed E-state index contributed by atoms with van der Waals surface area (Å²) in [4.78, 5) is 0. The predicted octanol–water partition coefficient (Wildman–Crippen LogP) is 2.93. The zero-order chi connectivity index (χ0) is 14.7. The summed E-state index contributed by atoms with van der Waals surface area (Å²) in [6.45, 7) is 1.38. The lowest BCUT2D eigenvalue weighted by atomic mass is 10.1. The molecule has 3 rings (SSSR count). The lowest BCUT2D eigenvalue weighted by Gasteiger charge is -2.14. The molecule has 1 N–H and O–H groups in total. The number of rotatable bonds is 5. The topological polar surface area (TPSA) is 39.7 Å². The molecule has 0 amide bonds. The van der Waals surface area contributed by atoms with Crippen LogP contribution in [0, 0.1) is 0 Å². The molecule has 1 unspecified atom stereocenters. The Bertz CT molecular complexity index is 627. The van der Waals surface area contributed by atoms with E-state index in [1.807, 2.05) is 36.4 Å². The molecule has 0 aromatic heterocycles. The van der Waals surface area contributed by atoms with Gasteiger partial charge in [-0.2, -0.15) is 0 Å². The third kappa shape index (κ3) is 2.81. The molecule has 2 aromatic carbocycles. The van der Waals surface area contributed by atoms with Crippen LogP contribution >= 0.6 is 0 Å². The molecule has 4 heteroatoms. The predicted molar refractivity (Wildman–Crippen MR) is 81.1 cm³/mol. The molecule has 1 heterocycles. The van der Waals surface area contributed by atoms with Gasteiger partial charge >= 0.3 is 0 Å². The van der Waals surface area contributed by atoms with Crippen LogP contribution in [0.25, 0.3) is 0 Å². The van der Waals surface area contributed by atoms with E-state index in [0.717, 1.165) is 29.4 Å². The van der Waals surface area contributed by atoms with E-state index in [1.165, 1.54) is 5.56 Å². The van der Waals surface area contributed by atoms with Gasteiger partial charge in [-0.3, -0.25) is 0 Å². The van der Waals surface area contributed by atoms with Crippen molar-refractivity contribution in [2.24, 2.45) is 0 Å². The van der Waals surface area contributed by atoms with Crippen LogP contribution in [0.15, 0.2) is 42.5 Å². The van der Waals surface area contributed by atoms with Crippen molar-refractivity contribution in [2.45, 2.75) is 12.6 Å². The number of benzene rings is 2. The fourth-order valence-corrected chi connectivity index (χ4v) is 2.56. The Morgan fingerprint density at radius 3 is 2.81 bits per heavy atom. The molecule has 0 fully saturated rings. The number of ether oxygens (including phenoxy) is 3. The minimum atomic E-state index is 0.216. The quantitative estimate of drug-likeness (QED) is 0.917. The van der Waals surface area contributed by atoms with E-state index < -0.39 is 0 Å². The second-order valence-corrected chi connectivity index (χ2v) is 4.96. The van der Waals surface area contributed by atoms with Gasteiger partial charge in [0.15, 0.2) is 0 Å². The number of fused-ring (bicyclic) bond motifs is 1. The van der Waals surface area contributed by atoms with Gasteiger partial charge in [0, 0.05) is 23.7 Å². The molecule has 0 spiro atoms. The van der Waals surface area contributed by atoms with Crippen LogP contribution in [0.2, 0.25) is 0 Å². The number of nitrogens with one attached hydrogen (secondary N) is 1. The summed E-state index contributed by atoms with van der Waals surface area (Å²) in [5.74, 6) is 2.59. The van der Waals surface area contributed by atoms with Gasteiger partial charge in [-0.25, -0.2) is 0 Å². The third-order valence-electron chi connectivity index (χ3n) is 3.73. The highest BCUT2D eigenvalue weighted by Gasteiger charge is 2.23. The van der Waals surface area contributed by atoms with Gasteiger partial charge in [-0.05, 0) is 12.1 Å². The second-order valence-electron chi connectivity index (χ2n) is 4.96. The molecule has 0 aliphatic carbocycles. The van der Waals surface area contributed by atoms with E-state index in [9.17, 15) is 0 Å². The molecule has 0 radical (unpaired) electrons. The first-order chi connectivity index (χ1) is 10.3. The molecule has 4 nitrogen and oxygen atoms in total. The molecule has 0 saturated carbocycles. The van der Waals surface area contributed by atoms with Crippen molar-refractivity contribution >= 4 is 0 Å². The maximum absolute atomic E-state index is 5.68. The molecule has 1 aliphatic heterocycles. The van der Waals surface area contributed by atoms with Crippen molar-refractivity contribution in [3.8, 4) is 17.2 Å². The van der Waals surface area contributed by atoms with E-state index in [1.54, 1.807) is 14.2 Å². The molecule has 1 aliphatic rings. The summed E-state index contributed by atoms with van der Waals surface area (Å²) in [5.41, 5.74) is 2.31. The summed E-state index contributed by atoms with van der Waals surface area (Å²) in [6.07, 6.45) is 0.